The summed E-state index contributed by atoms with van der Waals surface area (Å²) in [5.74, 6) is -1.34. The Labute approximate surface area is 90.3 Å². The molecule has 2 atom stereocenters. The van der Waals surface area contributed by atoms with Crippen LogP contribution in [0.3, 0.4) is 0 Å². The first-order valence-electron chi connectivity index (χ1n) is 5.62. The Kier molecular flexibility index (Phi) is 4.12. The van der Waals surface area contributed by atoms with E-state index in [2.05, 4.69) is 6.92 Å². The minimum absolute atomic E-state index is 0.00250. The Morgan fingerprint density at radius 3 is 2.67 bits per heavy atom. The molecule has 0 saturated carbocycles. The summed E-state index contributed by atoms with van der Waals surface area (Å²) in [7, 11) is 0. The first-order chi connectivity index (χ1) is 7.10. The summed E-state index contributed by atoms with van der Waals surface area (Å²) < 4.78 is 0. The molecule has 1 rings (SSSR count). The predicted octanol–water partition coefficient (Wildman–Crippen LogP) is 1.50. The maximum Gasteiger partial charge on any atom is 0.308 e. The number of carbonyl (C=O) groups excluding carboxylic acids is 1. The summed E-state index contributed by atoms with van der Waals surface area (Å²) in [4.78, 5) is 24.2. The molecule has 1 amide bonds. The van der Waals surface area contributed by atoms with Crippen LogP contribution in [0.2, 0.25) is 0 Å². The normalized spacial score (nSPS) is 23.2. The van der Waals surface area contributed by atoms with Gasteiger partial charge in [0.1, 0.15) is 0 Å². The van der Waals surface area contributed by atoms with Crippen LogP contribution in [-0.2, 0) is 9.59 Å². The molecule has 1 saturated heterocycles. The highest BCUT2D eigenvalue weighted by Gasteiger charge is 2.36. The first kappa shape index (κ1) is 12.0. The van der Waals surface area contributed by atoms with E-state index in [1.54, 1.807) is 4.90 Å². The molecule has 4 heteroatoms. The first-order valence-corrected chi connectivity index (χ1v) is 5.62. The molecule has 86 valence electrons. The molecule has 0 aromatic rings. The number of nitrogens with zero attached hydrogens (tertiary/aromatic N) is 1. The molecule has 0 bridgehead atoms. The molecule has 1 heterocycles. The molecule has 15 heavy (non-hydrogen) atoms. The number of carboxylic acid groups (broad SMARTS) is 1. The zero-order chi connectivity index (χ0) is 11.4. The third kappa shape index (κ3) is 2.70. The highest BCUT2D eigenvalue weighted by Crippen LogP contribution is 2.23. The van der Waals surface area contributed by atoms with Crippen LogP contribution in [0.25, 0.3) is 0 Å². The van der Waals surface area contributed by atoms with Crippen molar-refractivity contribution in [2.45, 2.75) is 45.6 Å². The summed E-state index contributed by atoms with van der Waals surface area (Å²) in [5, 5.41) is 8.85. The second-order valence-corrected chi connectivity index (χ2v) is 4.14. The molecule has 0 radical (unpaired) electrons. The average molecular weight is 213 g/mol. The number of carboxylic acids is 1. The van der Waals surface area contributed by atoms with E-state index < -0.39 is 11.9 Å². The quantitative estimate of drug-likeness (QED) is 0.753. The van der Waals surface area contributed by atoms with Gasteiger partial charge in [-0.15, -0.1) is 0 Å². The van der Waals surface area contributed by atoms with Gasteiger partial charge >= 0.3 is 5.97 Å². The fourth-order valence-corrected chi connectivity index (χ4v) is 2.16. The topological polar surface area (TPSA) is 57.6 Å². The van der Waals surface area contributed by atoms with Crippen molar-refractivity contribution in [2.24, 2.45) is 5.92 Å². The predicted molar refractivity (Wildman–Crippen MR) is 56.4 cm³/mol. The highest BCUT2D eigenvalue weighted by atomic mass is 16.4. The summed E-state index contributed by atoms with van der Waals surface area (Å²) >= 11 is 0. The number of carbonyl (C=O) groups is 2. The zero-order valence-electron chi connectivity index (χ0n) is 9.40. The Morgan fingerprint density at radius 1 is 1.60 bits per heavy atom. The average Bonchev–Trinajstić information content (AvgIpc) is 2.57. The van der Waals surface area contributed by atoms with E-state index in [9.17, 15) is 9.59 Å². The smallest absolute Gasteiger partial charge is 0.308 e. The van der Waals surface area contributed by atoms with Crippen LogP contribution in [0.15, 0.2) is 0 Å². The third-order valence-corrected chi connectivity index (χ3v) is 3.04. The van der Waals surface area contributed by atoms with Gasteiger partial charge in [0, 0.05) is 19.0 Å². The van der Waals surface area contributed by atoms with Crippen LogP contribution in [0.5, 0.6) is 0 Å². The number of likely N-dealkylation sites (tertiary alicyclic amines) is 1. The van der Waals surface area contributed by atoms with Crippen LogP contribution in [0.1, 0.15) is 39.5 Å². The minimum Gasteiger partial charge on any atom is -0.481 e. The van der Waals surface area contributed by atoms with Crippen molar-refractivity contribution in [3.05, 3.63) is 0 Å². The summed E-state index contributed by atoms with van der Waals surface area (Å²) in [6, 6.07) is 0.229. The van der Waals surface area contributed by atoms with E-state index in [4.69, 9.17) is 5.11 Å². The molecule has 1 fully saturated rings. The summed E-state index contributed by atoms with van der Waals surface area (Å²) in [6.45, 7) is 4.52. The highest BCUT2D eigenvalue weighted by molar-refractivity contribution is 5.86. The molecule has 0 aliphatic carbocycles. The van der Waals surface area contributed by atoms with Gasteiger partial charge in [-0.25, -0.2) is 0 Å². The van der Waals surface area contributed by atoms with Crippen LogP contribution >= 0.6 is 0 Å². The van der Waals surface area contributed by atoms with Crippen molar-refractivity contribution in [1.82, 2.24) is 4.90 Å². The molecular formula is C11H19NO3. The van der Waals surface area contributed by atoms with E-state index in [-0.39, 0.29) is 18.4 Å². The Hall–Kier alpha value is -1.06. The third-order valence-electron chi connectivity index (χ3n) is 3.04. The van der Waals surface area contributed by atoms with Gasteiger partial charge in [-0.05, 0) is 12.8 Å². The monoisotopic (exact) mass is 213 g/mol. The van der Waals surface area contributed by atoms with E-state index in [0.29, 0.717) is 6.54 Å². The maximum atomic E-state index is 11.6. The number of hydrogen-bond acceptors (Lipinski definition) is 2. The number of amides is 1. The van der Waals surface area contributed by atoms with Crippen LogP contribution in [0.4, 0.5) is 0 Å². The van der Waals surface area contributed by atoms with Crippen molar-refractivity contribution >= 4 is 11.9 Å². The lowest BCUT2D eigenvalue weighted by molar-refractivity contribution is -0.141. The summed E-state index contributed by atoms with van der Waals surface area (Å²) in [6.07, 6.45) is 3.08. The maximum absolute atomic E-state index is 11.6. The van der Waals surface area contributed by atoms with E-state index >= 15 is 0 Å². The van der Waals surface area contributed by atoms with Crippen LogP contribution < -0.4 is 0 Å². The molecule has 1 aliphatic rings. The van der Waals surface area contributed by atoms with Gasteiger partial charge in [0.25, 0.3) is 0 Å². The standard InChI is InChI=1S/C11H19NO3/c1-3-5-9(4-2)12-7-8(11(14)15)6-10(12)13/h8-9H,3-7H2,1-2H3,(H,14,15). The second kappa shape index (κ2) is 5.14. The molecule has 0 aromatic carbocycles. The Bertz CT molecular complexity index is 252. The van der Waals surface area contributed by atoms with Crippen molar-refractivity contribution in [3.8, 4) is 0 Å². The van der Waals surface area contributed by atoms with Gasteiger partial charge in [-0.2, -0.15) is 0 Å². The van der Waals surface area contributed by atoms with Crippen molar-refractivity contribution < 1.29 is 14.7 Å². The lowest BCUT2D eigenvalue weighted by atomic mass is 10.1. The molecule has 4 nitrogen and oxygen atoms in total. The minimum atomic E-state index is -0.850. The largest absolute Gasteiger partial charge is 0.481 e. The molecule has 2 unspecified atom stereocenters. The van der Waals surface area contributed by atoms with Gasteiger partial charge in [0.2, 0.25) is 5.91 Å². The molecule has 0 aromatic heterocycles. The van der Waals surface area contributed by atoms with Gasteiger partial charge < -0.3 is 10.0 Å². The van der Waals surface area contributed by atoms with E-state index in [1.807, 2.05) is 6.92 Å². The van der Waals surface area contributed by atoms with Crippen molar-refractivity contribution in [2.75, 3.05) is 6.54 Å². The van der Waals surface area contributed by atoms with E-state index in [0.717, 1.165) is 19.3 Å². The SMILES string of the molecule is CCCC(CC)N1CC(C(=O)O)CC1=O. The lowest BCUT2D eigenvalue weighted by Gasteiger charge is -2.26. The van der Waals surface area contributed by atoms with Gasteiger partial charge in [0.15, 0.2) is 0 Å². The van der Waals surface area contributed by atoms with Crippen LogP contribution in [0, 0.1) is 5.92 Å². The summed E-state index contributed by atoms with van der Waals surface area (Å²) in [5.41, 5.74) is 0. The Morgan fingerprint density at radius 2 is 2.27 bits per heavy atom. The van der Waals surface area contributed by atoms with Gasteiger partial charge in [-0.1, -0.05) is 20.3 Å². The van der Waals surface area contributed by atoms with Crippen molar-refractivity contribution in [1.29, 1.82) is 0 Å². The molecule has 0 spiro atoms. The molecule has 1 N–H and O–H groups in total. The molecule has 1 aliphatic heterocycles. The molecular weight excluding hydrogens is 194 g/mol. The lowest BCUT2D eigenvalue weighted by Crippen LogP contribution is -2.36. The number of hydrogen-bond donors (Lipinski definition) is 1. The second-order valence-electron chi connectivity index (χ2n) is 4.14. The van der Waals surface area contributed by atoms with E-state index in [1.165, 1.54) is 0 Å². The fraction of sp³-hybridized carbons (Fsp3) is 0.818. The van der Waals surface area contributed by atoms with Gasteiger partial charge in [-0.3, -0.25) is 9.59 Å². The van der Waals surface area contributed by atoms with Gasteiger partial charge in [0.05, 0.1) is 5.92 Å². The number of rotatable bonds is 5. The Balaban J connectivity index is 2.62. The zero-order valence-corrected chi connectivity index (χ0v) is 9.40. The van der Waals surface area contributed by atoms with Crippen molar-refractivity contribution in [3.63, 3.8) is 0 Å². The van der Waals surface area contributed by atoms with Crippen LogP contribution in [-0.4, -0.2) is 34.5 Å². The fourth-order valence-electron chi connectivity index (χ4n) is 2.16. The number of aliphatic carboxylic acids is 1.